The van der Waals surface area contributed by atoms with Crippen LogP contribution in [0.25, 0.3) is 0 Å². The van der Waals surface area contributed by atoms with E-state index in [0.717, 1.165) is 11.5 Å². The topological polar surface area (TPSA) is 52.0 Å². The minimum atomic E-state index is 0.0948. The fourth-order valence-corrected chi connectivity index (χ4v) is 2.83. The zero-order valence-electron chi connectivity index (χ0n) is 9.74. The first kappa shape index (κ1) is 12.2. The summed E-state index contributed by atoms with van der Waals surface area (Å²) in [5.41, 5.74) is 7.25. The van der Waals surface area contributed by atoms with E-state index in [9.17, 15) is 0 Å². The molecule has 4 heteroatoms. The van der Waals surface area contributed by atoms with Gasteiger partial charge in [-0.15, -0.1) is 11.8 Å². The third kappa shape index (κ3) is 3.35. The SMILES string of the molecule is CC(N)C(SCc1ccco1)c1ccncc1. The Labute approximate surface area is 105 Å². The van der Waals surface area contributed by atoms with E-state index in [0.29, 0.717) is 0 Å². The Hall–Kier alpha value is -1.26. The van der Waals surface area contributed by atoms with Crippen LogP contribution >= 0.6 is 11.8 Å². The third-order valence-electron chi connectivity index (χ3n) is 2.50. The lowest BCUT2D eigenvalue weighted by molar-refractivity contribution is 0.530. The number of hydrogen-bond donors (Lipinski definition) is 1. The van der Waals surface area contributed by atoms with E-state index < -0.39 is 0 Å². The highest BCUT2D eigenvalue weighted by Crippen LogP contribution is 2.33. The van der Waals surface area contributed by atoms with Crippen molar-refractivity contribution in [1.29, 1.82) is 0 Å². The molecule has 0 fully saturated rings. The molecule has 2 heterocycles. The lowest BCUT2D eigenvalue weighted by Gasteiger charge is -2.20. The van der Waals surface area contributed by atoms with E-state index in [4.69, 9.17) is 10.2 Å². The molecule has 0 radical (unpaired) electrons. The standard InChI is InChI=1S/C13H16N2OS/c1-10(14)13(11-4-6-15-7-5-11)17-9-12-3-2-8-16-12/h2-8,10,13H,9,14H2,1H3. The number of pyridine rings is 1. The Kier molecular flexibility index (Phi) is 4.23. The molecule has 2 N–H and O–H groups in total. The Morgan fingerprint density at radius 1 is 1.35 bits per heavy atom. The van der Waals surface area contributed by atoms with Crippen molar-refractivity contribution >= 4 is 11.8 Å². The zero-order valence-corrected chi connectivity index (χ0v) is 10.6. The Morgan fingerprint density at radius 3 is 2.71 bits per heavy atom. The van der Waals surface area contributed by atoms with Gasteiger partial charge in [-0.25, -0.2) is 0 Å². The van der Waals surface area contributed by atoms with Crippen LogP contribution in [0.4, 0.5) is 0 Å². The minimum absolute atomic E-state index is 0.0948. The predicted molar refractivity (Wildman–Crippen MR) is 70.6 cm³/mol. The van der Waals surface area contributed by atoms with Crippen molar-refractivity contribution in [3.05, 3.63) is 54.2 Å². The molecule has 2 atom stereocenters. The van der Waals surface area contributed by atoms with E-state index in [1.54, 1.807) is 30.4 Å². The summed E-state index contributed by atoms with van der Waals surface area (Å²) in [5, 5.41) is 0.267. The molecule has 0 aromatic carbocycles. The zero-order chi connectivity index (χ0) is 12.1. The lowest BCUT2D eigenvalue weighted by atomic mass is 10.1. The highest BCUT2D eigenvalue weighted by Gasteiger charge is 2.17. The van der Waals surface area contributed by atoms with Gasteiger partial charge in [-0.2, -0.15) is 0 Å². The average Bonchev–Trinajstić information content (AvgIpc) is 2.83. The van der Waals surface area contributed by atoms with Crippen LogP contribution in [-0.4, -0.2) is 11.0 Å². The number of nitrogens with zero attached hydrogens (tertiary/aromatic N) is 1. The van der Waals surface area contributed by atoms with Gasteiger partial charge < -0.3 is 10.2 Å². The second kappa shape index (κ2) is 5.89. The summed E-state index contributed by atoms with van der Waals surface area (Å²) in [6.07, 6.45) is 5.31. The molecule has 0 aliphatic carbocycles. The molecule has 2 aromatic rings. The summed E-state index contributed by atoms with van der Waals surface area (Å²) in [6.45, 7) is 2.03. The Morgan fingerprint density at radius 2 is 2.12 bits per heavy atom. The molecule has 2 aromatic heterocycles. The first-order valence-electron chi connectivity index (χ1n) is 5.57. The minimum Gasteiger partial charge on any atom is -0.468 e. The van der Waals surface area contributed by atoms with Gasteiger partial charge in [0.15, 0.2) is 0 Å². The van der Waals surface area contributed by atoms with Crippen LogP contribution in [-0.2, 0) is 5.75 Å². The fourth-order valence-electron chi connectivity index (χ4n) is 1.67. The molecule has 2 rings (SSSR count). The van der Waals surface area contributed by atoms with Crippen molar-refractivity contribution in [1.82, 2.24) is 4.98 Å². The van der Waals surface area contributed by atoms with Crippen LogP contribution in [0.1, 0.15) is 23.5 Å². The van der Waals surface area contributed by atoms with Crippen molar-refractivity contribution in [3.8, 4) is 0 Å². The molecule has 0 aliphatic rings. The van der Waals surface area contributed by atoms with Crippen LogP contribution in [0.15, 0.2) is 47.3 Å². The summed E-state index contributed by atoms with van der Waals surface area (Å²) in [5.74, 6) is 1.82. The number of thioether (sulfide) groups is 1. The molecule has 0 saturated carbocycles. The second-order valence-electron chi connectivity index (χ2n) is 3.95. The van der Waals surface area contributed by atoms with Gasteiger partial charge in [0.05, 0.1) is 12.0 Å². The molecule has 0 aliphatic heterocycles. The monoisotopic (exact) mass is 248 g/mol. The highest BCUT2D eigenvalue weighted by atomic mass is 32.2. The van der Waals surface area contributed by atoms with Crippen LogP contribution in [0.5, 0.6) is 0 Å². The molecule has 17 heavy (non-hydrogen) atoms. The summed E-state index contributed by atoms with van der Waals surface area (Å²) in [7, 11) is 0. The summed E-state index contributed by atoms with van der Waals surface area (Å²) in [4.78, 5) is 4.03. The normalized spacial score (nSPS) is 14.5. The van der Waals surface area contributed by atoms with Gasteiger partial charge in [-0.05, 0) is 36.8 Å². The molecule has 0 spiro atoms. The first-order valence-corrected chi connectivity index (χ1v) is 6.61. The van der Waals surface area contributed by atoms with Crippen LogP contribution in [0.2, 0.25) is 0 Å². The molecular formula is C13H16N2OS. The third-order valence-corrected chi connectivity index (χ3v) is 4.01. The summed E-state index contributed by atoms with van der Waals surface area (Å²) in [6, 6.07) is 8.02. The van der Waals surface area contributed by atoms with Crippen molar-refractivity contribution in [3.63, 3.8) is 0 Å². The summed E-state index contributed by atoms with van der Waals surface area (Å²) >= 11 is 1.79. The smallest absolute Gasteiger partial charge is 0.113 e. The Balaban J connectivity index is 2.03. The number of aromatic nitrogens is 1. The number of rotatable bonds is 5. The predicted octanol–water partition coefficient (Wildman–Crippen LogP) is 3.00. The maximum atomic E-state index is 6.04. The van der Waals surface area contributed by atoms with Crippen LogP contribution < -0.4 is 5.73 Å². The van der Waals surface area contributed by atoms with Gasteiger partial charge in [-0.3, -0.25) is 4.98 Å². The van der Waals surface area contributed by atoms with Gasteiger partial charge in [-0.1, -0.05) is 0 Å². The van der Waals surface area contributed by atoms with Crippen molar-refractivity contribution in [2.75, 3.05) is 0 Å². The van der Waals surface area contributed by atoms with Crippen LogP contribution in [0, 0.1) is 0 Å². The molecule has 0 bridgehead atoms. The maximum absolute atomic E-state index is 6.04. The van der Waals surface area contributed by atoms with Crippen molar-refractivity contribution in [2.45, 2.75) is 24.0 Å². The summed E-state index contributed by atoms with van der Waals surface area (Å²) < 4.78 is 5.33. The van der Waals surface area contributed by atoms with Gasteiger partial charge in [0.1, 0.15) is 5.76 Å². The Bertz CT molecular complexity index is 428. The lowest BCUT2D eigenvalue weighted by Crippen LogP contribution is -2.22. The largest absolute Gasteiger partial charge is 0.468 e. The van der Waals surface area contributed by atoms with E-state index in [-0.39, 0.29) is 11.3 Å². The van der Waals surface area contributed by atoms with E-state index in [1.165, 1.54) is 5.56 Å². The van der Waals surface area contributed by atoms with E-state index in [2.05, 4.69) is 4.98 Å². The maximum Gasteiger partial charge on any atom is 0.113 e. The van der Waals surface area contributed by atoms with Gasteiger partial charge in [0.2, 0.25) is 0 Å². The number of nitrogens with two attached hydrogens (primary N) is 1. The molecule has 3 nitrogen and oxygen atoms in total. The molecule has 90 valence electrons. The van der Waals surface area contributed by atoms with Crippen LogP contribution in [0.3, 0.4) is 0 Å². The van der Waals surface area contributed by atoms with E-state index in [1.807, 2.05) is 31.2 Å². The van der Waals surface area contributed by atoms with E-state index >= 15 is 0 Å². The fraction of sp³-hybridized carbons (Fsp3) is 0.308. The molecule has 0 amide bonds. The average molecular weight is 248 g/mol. The molecule has 2 unspecified atom stereocenters. The first-order chi connectivity index (χ1) is 8.27. The molecule has 0 saturated heterocycles. The van der Waals surface area contributed by atoms with Gasteiger partial charge in [0.25, 0.3) is 0 Å². The van der Waals surface area contributed by atoms with Crippen molar-refractivity contribution in [2.24, 2.45) is 5.73 Å². The van der Waals surface area contributed by atoms with Gasteiger partial charge in [0, 0.05) is 23.7 Å². The molecular weight excluding hydrogens is 232 g/mol. The van der Waals surface area contributed by atoms with Crippen molar-refractivity contribution < 1.29 is 4.42 Å². The number of furan rings is 1. The van der Waals surface area contributed by atoms with Gasteiger partial charge >= 0.3 is 0 Å². The number of hydrogen-bond acceptors (Lipinski definition) is 4. The second-order valence-corrected chi connectivity index (χ2v) is 5.08. The highest BCUT2D eigenvalue weighted by molar-refractivity contribution is 7.98. The quantitative estimate of drug-likeness (QED) is 0.883.